The standard InChI is InChI=1S/C33H34F3N5O6/c1-32(2,3)47-30(44)37-20-21-9-7-14-25(17-21)41-26(19-27(39-41)33(34,35)36)29(43)38-24-13-8-12-23(18-24)28(22-10-5-4-6-11-22)40(15-16-42)31(45)46/h4-14,17-19,28,42H,15-16,20H2,1-3H3,(H,37,44)(H,38,43)(H,45,46). The summed E-state index contributed by atoms with van der Waals surface area (Å²) in [6.45, 7) is 4.48. The third-order valence-corrected chi connectivity index (χ3v) is 6.70. The van der Waals surface area contributed by atoms with Crippen molar-refractivity contribution >= 4 is 23.8 Å². The summed E-state index contributed by atoms with van der Waals surface area (Å²) in [5.41, 5.74) is -0.582. The van der Waals surface area contributed by atoms with Gasteiger partial charge in [0.25, 0.3) is 5.91 Å². The Labute approximate surface area is 268 Å². The molecule has 1 unspecified atom stereocenters. The molecule has 11 nitrogen and oxygen atoms in total. The molecule has 4 N–H and O–H groups in total. The molecule has 0 spiro atoms. The minimum Gasteiger partial charge on any atom is -0.465 e. The Morgan fingerprint density at radius 3 is 2.26 bits per heavy atom. The molecule has 0 fully saturated rings. The summed E-state index contributed by atoms with van der Waals surface area (Å²) >= 11 is 0. The van der Waals surface area contributed by atoms with Gasteiger partial charge in [0, 0.05) is 24.8 Å². The van der Waals surface area contributed by atoms with E-state index >= 15 is 0 Å². The topological polar surface area (TPSA) is 146 Å². The van der Waals surface area contributed by atoms with E-state index < -0.39 is 53.9 Å². The lowest BCUT2D eigenvalue weighted by Crippen LogP contribution is -2.36. The molecule has 1 atom stereocenters. The van der Waals surface area contributed by atoms with Gasteiger partial charge in [-0.2, -0.15) is 18.3 Å². The average molecular weight is 654 g/mol. The SMILES string of the molecule is CC(C)(C)OC(=O)NCc1cccc(-n2nc(C(F)(F)F)cc2C(=O)Nc2cccc(C(c3ccccc3)N(CCO)C(=O)O)c2)c1. The van der Waals surface area contributed by atoms with Crippen molar-refractivity contribution in [3.05, 3.63) is 113 Å². The van der Waals surface area contributed by atoms with E-state index in [0.717, 1.165) is 9.58 Å². The molecule has 4 aromatic rings. The van der Waals surface area contributed by atoms with E-state index in [2.05, 4.69) is 15.7 Å². The van der Waals surface area contributed by atoms with Crippen molar-refractivity contribution in [1.82, 2.24) is 20.0 Å². The highest BCUT2D eigenvalue weighted by Gasteiger charge is 2.36. The predicted molar refractivity (Wildman–Crippen MR) is 166 cm³/mol. The van der Waals surface area contributed by atoms with Crippen molar-refractivity contribution in [2.75, 3.05) is 18.5 Å². The number of aliphatic hydroxyl groups is 1. The molecule has 0 radical (unpaired) electrons. The van der Waals surface area contributed by atoms with Crippen LogP contribution in [0.1, 0.15) is 59.7 Å². The number of hydrogen-bond acceptors (Lipinski definition) is 6. The number of ether oxygens (including phenoxy) is 1. The number of benzene rings is 3. The fourth-order valence-corrected chi connectivity index (χ4v) is 4.78. The van der Waals surface area contributed by atoms with Gasteiger partial charge in [0.2, 0.25) is 0 Å². The summed E-state index contributed by atoms with van der Waals surface area (Å²) in [5.74, 6) is -0.913. The third kappa shape index (κ3) is 9.10. The minimum absolute atomic E-state index is 0.00328. The van der Waals surface area contributed by atoms with Crippen molar-refractivity contribution in [2.24, 2.45) is 0 Å². The summed E-state index contributed by atoms with van der Waals surface area (Å²) in [4.78, 5) is 38.8. The Hall–Kier alpha value is -5.37. The van der Waals surface area contributed by atoms with Crippen LogP contribution < -0.4 is 10.6 Å². The molecule has 0 saturated heterocycles. The maximum atomic E-state index is 13.8. The Morgan fingerprint density at radius 1 is 0.936 bits per heavy atom. The number of carbonyl (C=O) groups is 3. The van der Waals surface area contributed by atoms with Gasteiger partial charge in [-0.1, -0.05) is 54.6 Å². The number of alkyl halides is 3. The maximum absolute atomic E-state index is 13.8. The van der Waals surface area contributed by atoms with Gasteiger partial charge >= 0.3 is 18.4 Å². The van der Waals surface area contributed by atoms with Crippen LogP contribution in [0.3, 0.4) is 0 Å². The number of carboxylic acid groups (broad SMARTS) is 1. The van der Waals surface area contributed by atoms with Gasteiger partial charge in [-0.05, 0) is 61.7 Å². The van der Waals surface area contributed by atoms with Crippen LogP contribution in [-0.4, -0.2) is 61.7 Å². The molecular weight excluding hydrogens is 619 g/mol. The van der Waals surface area contributed by atoms with Gasteiger partial charge in [-0.25, -0.2) is 14.3 Å². The number of amides is 3. The first-order valence-electron chi connectivity index (χ1n) is 14.5. The average Bonchev–Trinajstić information content (AvgIpc) is 3.47. The molecule has 0 saturated carbocycles. The van der Waals surface area contributed by atoms with Gasteiger partial charge in [-0.15, -0.1) is 0 Å². The smallest absolute Gasteiger partial charge is 0.435 e. The lowest BCUT2D eigenvalue weighted by atomic mass is 9.96. The Balaban J connectivity index is 1.66. The van der Waals surface area contributed by atoms with E-state index in [0.29, 0.717) is 22.8 Å². The molecule has 0 aliphatic carbocycles. The monoisotopic (exact) mass is 653 g/mol. The zero-order valence-corrected chi connectivity index (χ0v) is 25.8. The van der Waals surface area contributed by atoms with Gasteiger partial charge in [0.05, 0.1) is 18.3 Å². The summed E-state index contributed by atoms with van der Waals surface area (Å²) < 4.78 is 47.4. The Morgan fingerprint density at radius 2 is 1.62 bits per heavy atom. The zero-order valence-electron chi connectivity index (χ0n) is 25.8. The first kappa shape index (κ1) is 34.5. The fourth-order valence-electron chi connectivity index (χ4n) is 4.78. The number of aromatic nitrogens is 2. The molecule has 4 rings (SSSR count). The van der Waals surface area contributed by atoms with Crippen LogP contribution in [0.2, 0.25) is 0 Å². The fraction of sp³-hybridized carbons (Fsp3) is 0.273. The molecular formula is C33H34F3N5O6. The number of carbonyl (C=O) groups excluding carboxylic acids is 2. The predicted octanol–water partition coefficient (Wildman–Crippen LogP) is 6.23. The van der Waals surface area contributed by atoms with Crippen molar-refractivity contribution < 1.29 is 42.5 Å². The number of aliphatic hydroxyl groups excluding tert-OH is 1. The van der Waals surface area contributed by atoms with Crippen LogP contribution in [0.4, 0.5) is 28.4 Å². The van der Waals surface area contributed by atoms with E-state index in [1.165, 1.54) is 24.3 Å². The Bertz CT molecular complexity index is 1720. The number of nitrogens with one attached hydrogen (secondary N) is 2. The van der Waals surface area contributed by atoms with Crippen molar-refractivity contribution in [3.63, 3.8) is 0 Å². The number of halogens is 3. The lowest BCUT2D eigenvalue weighted by molar-refractivity contribution is -0.141. The minimum atomic E-state index is -4.86. The number of nitrogens with zero attached hydrogens (tertiary/aromatic N) is 3. The molecule has 0 bridgehead atoms. The second-order valence-electron chi connectivity index (χ2n) is 11.4. The van der Waals surface area contributed by atoms with Crippen molar-refractivity contribution in [3.8, 4) is 5.69 Å². The second-order valence-corrected chi connectivity index (χ2v) is 11.4. The molecule has 248 valence electrons. The molecule has 1 aromatic heterocycles. The first-order chi connectivity index (χ1) is 22.2. The molecule has 1 heterocycles. The van der Waals surface area contributed by atoms with E-state index in [-0.39, 0.29) is 24.5 Å². The Kier molecular flexibility index (Phi) is 10.6. The van der Waals surface area contributed by atoms with E-state index in [9.17, 15) is 37.8 Å². The number of hydrogen-bond donors (Lipinski definition) is 4. The van der Waals surface area contributed by atoms with E-state index in [4.69, 9.17) is 4.74 Å². The summed E-state index contributed by atoms with van der Waals surface area (Å²) in [6.07, 6.45) is -6.82. The molecule has 3 aromatic carbocycles. The molecule has 0 aliphatic heterocycles. The van der Waals surface area contributed by atoms with Crippen molar-refractivity contribution in [2.45, 2.75) is 45.1 Å². The molecule has 3 amide bonds. The first-order valence-corrected chi connectivity index (χ1v) is 14.5. The normalized spacial score (nSPS) is 12.2. The van der Waals surface area contributed by atoms with Gasteiger partial charge in [0.1, 0.15) is 11.3 Å². The van der Waals surface area contributed by atoms with Gasteiger partial charge < -0.3 is 25.6 Å². The summed E-state index contributed by atoms with van der Waals surface area (Å²) in [7, 11) is 0. The largest absolute Gasteiger partial charge is 0.465 e. The third-order valence-electron chi connectivity index (χ3n) is 6.70. The van der Waals surface area contributed by atoms with Crippen LogP contribution in [0.15, 0.2) is 84.9 Å². The van der Waals surface area contributed by atoms with E-state index in [1.807, 2.05) is 0 Å². The van der Waals surface area contributed by atoms with Crippen LogP contribution >= 0.6 is 0 Å². The van der Waals surface area contributed by atoms with E-state index in [1.54, 1.807) is 75.4 Å². The van der Waals surface area contributed by atoms with Gasteiger partial charge in [-0.3, -0.25) is 9.69 Å². The molecule has 47 heavy (non-hydrogen) atoms. The van der Waals surface area contributed by atoms with Crippen molar-refractivity contribution in [1.29, 1.82) is 0 Å². The van der Waals surface area contributed by atoms with Crippen LogP contribution in [0, 0.1) is 0 Å². The quantitative estimate of drug-likeness (QED) is 0.159. The van der Waals surface area contributed by atoms with Crippen LogP contribution in [-0.2, 0) is 17.5 Å². The van der Waals surface area contributed by atoms with Gasteiger partial charge in [0.15, 0.2) is 5.69 Å². The molecule has 0 aliphatic rings. The second kappa shape index (κ2) is 14.4. The highest BCUT2D eigenvalue weighted by Crippen LogP contribution is 2.32. The number of rotatable bonds is 10. The summed E-state index contributed by atoms with van der Waals surface area (Å²) in [6, 6.07) is 20.8. The highest BCUT2D eigenvalue weighted by molar-refractivity contribution is 6.03. The lowest BCUT2D eigenvalue weighted by Gasteiger charge is -2.30. The number of alkyl carbamates (subject to hydrolysis) is 1. The molecule has 14 heteroatoms. The van der Waals surface area contributed by atoms with Crippen LogP contribution in [0.5, 0.6) is 0 Å². The zero-order chi connectivity index (χ0) is 34.4. The number of anilines is 1. The summed E-state index contributed by atoms with van der Waals surface area (Å²) in [5, 5.41) is 28.3. The highest BCUT2D eigenvalue weighted by atomic mass is 19.4. The van der Waals surface area contributed by atoms with Crippen LogP contribution in [0.25, 0.3) is 5.69 Å². The maximum Gasteiger partial charge on any atom is 0.435 e.